The van der Waals surface area contributed by atoms with Crippen molar-refractivity contribution >= 4 is 11.7 Å². The van der Waals surface area contributed by atoms with Crippen LogP contribution in [0.4, 0.5) is 5.69 Å². The number of esters is 1. The molecule has 0 saturated carbocycles. The Bertz CT molecular complexity index is 456. The van der Waals surface area contributed by atoms with Crippen LogP contribution in [0.2, 0.25) is 0 Å². The van der Waals surface area contributed by atoms with Crippen LogP contribution in [0.25, 0.3) is 0 Å². The molecule has 0 unspecified atom stereocenters. The van der Waals surface area contributed by atoms with Crippen LogP contribution in [-0.2, 0) is 9.53 Å². The lowest BCUT2D eigenvalue weighted by Gasteiger charge is -2.22. The second-order valence-corrected chi connectivity index (χ2v) is 4.80. The molecule has 0 saturated heterocycles. The molecule has 5 nitrogen and oxygen atoms in total. The fourth-order valence-electron chi connectivity index (χ4n) is 1.68. The molecule has 18 heavy (non-hydrogen) atoms. The normalized spacial score (nSPS) is 13.3. The highest BCUT2D eigenvalue weighted by Crippen LogP contribution is 2.34. The fraction of sp³-hybridized carbons (Fsp3) is 0.462. The summed E-state index contributed by atoms with van der Waals surface area (Å²) in [5.41, 5.74) is 0.307. The molecule has 1 N–H and O–H groups in total. The van der Waals surface area contributed by atoms with Gasteiger partial charge in [0, 0.05) is 18.3 Å². The Kier molecular flexibility index (Phi) is 3.32. The van der Waals surface area contributed by atoms with Crippen LogP contribution in [0, 0.1) is 5.41 Å². The monoisotopic (exact) mass is 251 g/mol. The Labute approximate surface area is 106 Å². The topological polar surface area (TPSA) is 56.8 Å². The van der Waals surface area contributed by atoms with Crippen LogP contribution in [0.15, 0.2) is 18.2 Å². The number of benzene rings is 1. The molecular weight excluding hydrogens is 234 g/mol. The second-order valence-electron chi connectivity index (χ2n) is 4.80. The molecule has 0 radical (unpaired) electrons. The van der Waals surface area contributed by atoms with Gasteiger partial charge in [-0.1, -0.05) is 0 Å². The van der Waals surface area contributed by atoms with Crippen molar-refractivity contribution < 1.29 is 19.0 Å². The Morgan fingerprint density at radius 1 is 1.39 bits per heavy atom. The Balaban J connectivity index is 2.00. The zero-order chi connectivity index (χ0) is 13.2. The average molecular weight is 251 g/mol. The lowest BCUT2D eigenvalue weighted by Crippen LogP contribution is -2.33. The first-order valence-corrected chi connectivity index (χ1v) is 5.75. The Morgan fingerprint density at radius 3 is 2.83 bits per heavy atom. The lowest BCUT2D eigenvalue weighted by molar-refractivity contribution is -0.149. The first kappa shape index (κ1) is 12.5. The van der Waals surface area contributed by atoms with E-state index in [4.69, 9.17) is 14.2 Å². The van der Waals surface area contributed by atoms with E-state index in [1.807, 2.05) is 32.0 Å². The van der Waals surface area contributed by atoms with Crippen molar-refractivity contribution in [3.05, 3.63) is 18.2 Å². The third-order valence-corrected chi connectivity index (χ3v) is 2.85. The van der Waals surface area contributed by atoms with Gasteiger partial charge >= 0.3 is 5.97 Å². The van der Waals surface area contributed by atoms with E-state index in [1.165, 1.54) is 7.11 Å². The van der Waals surface area contributed by atoms with E-state index < -0.39 is 5.41 Å². The number of rotatable bonds is 4. The summed E-state index contributed by atoms with van der Waals surface area (Å²) >= 11 is 0. The summed E-state index contributed by atoms with van der Waals surface area (Å²) in [7, 11) is 1.39. The number of carbonyl (C=O) groups is 1. The predicted octanol–water partition coefficient (Wildman–Crippen LogP) is 2.03. The van der Waals surface area contributed by atoms with E-state index in [1.54, 1.807) is 0 Å². The molecule has 0 aliphatic carbocycles. The van der Waals surface area contributed by atoms with Gasteiger partial charge in [-0.05, 0) is 26.0 Å². The van der Waals surface area contributed by atoms with Gasteiger partial charge in [-0.3, -0.25) is 4.79 Å². The molecule has 0 fully saturated rings. The summed E-state index contributed by atoms with van der Waals surface area (Å²) in [5.74, 6) is 1.22. The lowest BCUT2D eigenvalue weighted by atomic mass is 9.93. The highest BCUT2D eigenvalue weighted by Gasteiger charge is 2.28. The van der Waals surface area contributed by atoms with E-state index in [9.17, 15) is 4.79 Å². The summed E-state index contributed by atoms with van der Waals surface area (Å²) in [6.07, 6.45) is 0. The molecule has 1 aliphatic rings. The molecule has 1 heterocycles. The van der Waals surface area contributed by atoms with E-state index in [2.05, 4.69) is 5.32 Å². The van der Waals surface area contributed by atoms with Gasteiger partial charge in [-0.15, -0.1) is 0 Å². The highest BCUT2D eigenvalue weighted by molar-refractivity contribution is 5.76. The van der Waals surface area contributed by atoms with Crippen molar-refractivity contribution in [3.8, 4) is 11.5 Å². The smallest absolute Gasteiger partial charge is 0.313 e. The summed E-state index contributed by atoms with van der Waals surface area (Å²) < 4.78 is 15.3. The summed E-state index contributed by atoms with van der Waals surface area (Å²) in [6, 6.07) is 5.59. The number of ether oxygens (including phenoxy) is 3. The molecule has 0 aromatic heterocycles. The summed E-state index contributed by atoms with van der Waals surface area (Å²) in [4.78, 5) is 11.5. The SMILES string of the molecule is COC(=O)C(C)(C)CNc1ccc2c(c1)OCO2. The molecule has 1 aromatic carbocycles. The van der Waals surface area contributed by atoms with Gasteiger partial charge < -0.3 is 19.5 Å². The number of anilines is 1. The summed E-state index contributed by atoms with van der Waals surface area (Å²) in [5, 5.41) is 3.19. The quantitative estimate of drug-likeness (QED) is 0.830. The van der Waals surface area contributed by atoms with Crippen molar-refractivity contribution in [2.45, 2.75) is 13.8 Å². The molecule has 0 amide bonds. The number of nitrogens with one attached hydrogen (secondary N) is 1. The minimum absolute atomic E-state index is 0.240. The predicted molar refractivity (Wildman–Crippen MR) is 66.9 cm³/mol. The van der Waals surface area contributed by atoms with Gasteiger partial charge in [0.05, 0.1) is 12.5 Å². The van der Waals surface area contributed by atoms with Crippen LogP contribution < -0.4 is 14.8 Å². The van der Waals surface area contributed by atoms with E-state index in [-0.39, 0.29) is 12.8 Å². The van der Waals surface area contributed by atoms with Gasteiger partial charge in [0.1, 0.15) is 0 Å². The van der Waals surface area contributed by atoms with E-state index >= 15 is 0 Å². The van der Waals surface area contributed by atoms with Gasteiger partial charge in [-0.2, -0.15) is 0 Å². The van der Waals surface area contributed by atoms with Gasteiger partial charge in [-0.25, -0.2) is 0 Å². The fourth-order valence-corrected chi connectivity index (χ4v) is 1.68. The summed E-state index contributed by atoms with van der Waals surface area (Å²) in [6.45, 7) is 4.41. The Morgan fingerprint density at radius 2 is 2.11 bits per heavy atom. The maximum atomic E-state index is 11.5. The number of carbonyl (C=O) groups excluding carboxylic acids is 1. The highest BCUT2D eigenvalue weighted by atomic mass is 16.7. The molecule has 5 heteroatoms. The number of hydrogen-bond donors (Lipinski definition) is 1. The van der Waals surface area contributed by atoms with Gasteiger partial charge in [0.15, 0.2) is 11.5 Å². The van der Waals surface area contributed by atoms with E-state index in [0.29, 0.717) is 6.54 Å². The maximum Gasteiger partial charge on any atom is 0.313 e. The zero-order valence-corrected chi connectivity index (χ0v) is 10.8. The van der Waals surface area contributed by atoms with Crippen molar-refractivity contribution in [3.63, 3.8) is 0 Å². The van der Waals surface area contributed by atoms with Crippen molar-refractivity contribution in [1.29, 1.82) is 0 Å². The van der Waals surface area contributed by atoms with Crippen molar-refractivity contribution in [2.24, 2.45) is 5.41 Å². The standard InChI is InChI=1S/C13H17NO4/c1-13(2,12(15)16-3)7-14-9-4-5-10-11(6-9)18-8-17-10/h4-6,14H,7-8H2,1-3H3. The molecule has 2 rings (SSSR count). The van der Waals surface area contributed by atoms with E-state index in [0.717, 1.165) is 17.2 Å². The first-order chi connectivity index (χ1) is 8.53. The zero-order valence-electron chi connectivity index (χ0n) is 10.8. The molecule has 0 spiro atoms. The average Bonchev–Trinajstić information content (AvgIpc) is 2.82. The molecule has 1 aliphatic heterocycles. The number of methoxy groups -OCH3 is 1. The van der Waals surface area contributed by atoms with Crippen LogP contribution in [-0.4, -0.2) is 26.4 Å². The minimum atomic E-state index is -0.578. The molecule has 0 bridgehead atoms. The third kappa shape index (κ3) is 2.50. The van der Waals surface area contributed by atoms with Crippen molar-refractivity contribution in [1.82, 2.24) is 0 Å². The largest absolute Gasteiger partial charge is 0.469 e. The molecule has 1 aromatic rings. The first-order valence-electron chi connectivity index (χ1n) is 5.75. The van der Waals surface area contributed by atoms with Crippen LogP contribution in [0.1, 0.15) is 13.8 Å². The molecular formula is C13H17NO4. The van der Waals surface area contributed by atoms with Crippen LogP contribution in [0.3, 0.4) is 0 Å². The minimum Gasteiger partial charge on any atom is -0.469 e. The number of hydrogen-bond acceptors (Lipinski definition) is 5. The van der Waals surface area contributed by atoms with Gasteiger partial charge in [0.2, 0.25) is 6.79 Å². The maximum absolute atomic E-state index is 11.5. The van der Waals surface area contributed by atoms with Gasteiger partial charge in [0.25, 0.3) is 0 Å². The Hall–Kier alpha value is -1.91. The van der Waals surface area contributed by atoms with Crippen molar-refractivity contribution in [2.75, 3.05) is 25.8 Å². The third-order valence-electron chi connectivity index (χ3n) is 2.85. The van der Waals surface area contributed by atoms with Crippen LogP contribution >= 0.6 is 0 Å². The molecule has 0 atom stereocenters. The van der Waals surface area contributed by atoms with Crippen LogP contribution in [0.5, 0.6) is 11.5 Å². The molecule has 98 valence electrons. The number of fused-ring (bicyclic) bond motifs is 1. The second kappa shape index (κ2) is 4.76.